The second kappa shape index (κ2) is 11.3. The molecule has 0 aliphatic heterocycles. The minimum Gasteiger partial charge on any atom is -0.395 e. The number of aliphatic hydroxyl groups is 2. The number of alkyl halides is 2. The highest BCUT2D eigenvalue weighted by molar-refractivity contribution is 6.18. The van der Waals surface area contributed by atoms with Gasteiger partial charge >= 0.3 is 0 Å². The average molecular weight is 175 g/mol. The van der Waals surface area contributed by atoms with Crippen LogP contribution in [0.15, 0.2) is 0 Å². The summed E-state index contributed by atoms with van der Waals surface area (Å²) in [7, 11) is 0. The second-order valence-corrected chi connectivity index (χ2v) is 2.10. The van der Waals surface area contributed by atoms with Gasteiger partial charge in [0, 0.05) is 11.8 Å². The molecule has 9 heavy (non-hydrogen) atoms. The monoisotopic (exact) mass is 174 g/mol. The van der Waals surface area contributed by atoms with Crippen molar-refractivity contribution in [1.82, 2.24) is 0 Å². The van der Waals surface area contributed by atoms with Gasteiger partial charge in [-0.25, -0.2) is 0 Å². The van der Waals surface area contributed by atoms with Crippen molar-refractivity contribution in [3.63, 3.8) is 0 Å². The summed E-state index contributed by atoms with van der Waals surface area (Å²) in [4.78, 5) is 0. The van der Waals surface area contributed by atoms with E-state index in [4.69, 9.17) is 33.4 Å². The Labute approximate surface area is 65.4 Å². The van der Waals surface area contributed by atoms with Crippen LogP contribution in [0.4, 0.5) is 0 Å². The number of hydrogen-bond acceptors (Lipinski definition) is 2. The lowest BCUT2D eigenvalue weighted by molar-refractivity contribution is 0.219. The molecule has 58 valence electrons. The van der Waals surface area contributed by atoms with Gasteiger partial charge in [0.15, 0.2) is 0 Å². The fourth-order valence-corrected chi connectivity index (χ4v) is 0. The first-order chi connectivity index (χ1) is 4.18. The summed E-state index contributed by atoms with van der Waals surface area (Å²) in [5, 5.41) is 16.0. The van der Waals surface area contributed by atoms with Gasteiger partial charge in [0.05, 0.1) is 12.7 Å². The molecule has 2 N–H and O–H groups in total. The van der Waals surface area contributed by atoms with Crippen LogP contribution in [0.3, 0.4) is 0 Å². The van der Waals surface area contributed by atoms with Gasteiger partial charge in [0.2, 0.25) is 0 Å². The minimum atomic E-state index is -0.350. The summed E-state index contributed by atoms with van der Waals surface area (Å²) in [5.41, 5.74) is 0. The Bertz CT molecular complexity index is 39.9. The molecule has 0 fully saturated rings. The Morgan fingerprint density at radius 2 is 1.67 bits per heavy atom. The molecule has 2 nitrogen and oxygen atoms in total. The van der Waals surface area contributed by atoms with E-state index < -0.39 is 0 Å². The van der Waals surface area contributed by atoms with Gasteiger partial charge in [0.25, 0.3) is 0 Å². The van der Waals surface area contributed by atoms with Crippen molar-refractivity contribution in [3.8, 4) is 0 Å². The first-order valence-corrected chi connectivity index (χ1v) is 3.66. The lowest BCUT2D eigenvalue weighted by Crippen LogP contribution is -1.98. The van der Waals surface area contributed by atoms with E-state index in [1.54, 1.807) is 6.92 Å². The molecule has 0 saturated heterocycles. The van der Waals surface area contributed by atoms with E-state index in [-0.39, 0.29) is 12.7 Å². The van der Waals surface area contributed by atoms with Gasteiger partial charge in [-0.3, -0.25) is 0 Å². The molecule has 0 aromatic rings. The predicted octanol–water partition coefficient (Wildman–Crippen LogP) is 0.823. The van der Waals surface area contributed by atoms with Gasteiger partial charge in [0.1, 0.15) is 0 Å². The van der Waals surface area contributed by atoms with Gasteiger partial charge in [-0.2, -0.15) is 0 Å². The highest BCUT2D eigenvalue weighted by atomic mass is 35.5. The van der Waals surface area contributed by atoms with Crippen LogP contribution in [0.2, 0.25) is 0 Å². The number of halogens is 2. The molecule has 0 aromatic carbocycles. The third-order valence-corrected chi connectivity index (χ3v) is 0.923. The van der Waals surface area contributed by atoms with Crippen LogP contribution in [0.5, 0.6) is 0 Å². The van der Waals surface area contributed by atoms with Gasteiger partial charge in [-0.1, -0.05) is 0 Å². The maximum absolute atomic E-state index is 8.23. The topological polar surface area (TPSA) is 40.5 Å². The van der Waals surface area contributed by atoms with Crippen molar-refractivity contribution in [2.24, 2.45) is 0 Å². The molecule has 0 amide bonds. The van der Waals surface area contributed by atoms with Crippen molar-refractivity contribution >= 4 is 23.2 Å². The van der Waals surface area contributed by atoms with Crippen molar-refractivity contribution < 1.29 is 10.2 Å². The van der Waals surface area contributed by atoms with E-state index in [1.165, 1.54) is 0 Å². The second-order valence-electron chi connectivity index (χ2n) is 1.42. The van der Waals surface area contributed by atoms with Gasteiger partial charge in [-0.05, 0) is 6.92 Å². The fraction of sp³-hybridized carbons (Fsp3) is 1.00. The molecule has 1 atom stereocenters. The molecule has 0 saturated carbocycles. The molecule has 0 spiro atoms. The first kappa shape index (κ1) is 12.2. The van der Waals surface area contributed by atoms with Crippen molar-refractivity contribution in [1.29, 1.82) is 0 Å². The molecule has 0 heterocycles. The summed E-state index contributed by atoms with van der Waals surface area (Å²) in [6.45, 7) is 1.73. The third-order valence-electron chi connectivity index (χ3n) is 0.308. The van der Waals surface area contributed by atoms with Crippen LogP contribution in [-0.4, -0.2) is 34.7 Å². The standard InChI is InChI=1S/C3H7ClO.C2H5ClO/c1-3(5)2-4;3-1-2-4/h3,5H,2H2,1H3;4H,1-2H2. The Balaban J connectivity index is 0. The summed E-state index contributed by atoms with van der Waals surface area (Å²) in [6, 6.07) is 0. The van der Waals surface area contributed by atoms with Crippen LogP contribution < -0.4 is 0 Å². The van der Waals surface area contributed by atoms with E-state index in [2.05, 4.69) is 0 Å². The SMILES string of the molecule is CC(O)CCl.OCCCl. The van der Waals surface area contributed by atoms with Crippen LogP contribution in [-0.2, 0) is 0 Å². The molecule has 0 aliphatic rings. The zero-order valence-corrected chi connectivity index (χ0v) is 6.86. The number of rotatable bonds is 2. The molecule has 0 bridgehead atoms. The maximum Gasteiger partial charge on any atom is 0.0647 e. The van der Waals surface area contributed by atoms with Crippen LogP contribution in [0.25, 0.3) is 0 Å². The van der Waals surface area contributed by atoms with Crippen molar-refractivity contribution in [2.45, 2.75) is 13.0 Å². The largest absolute Gasteiger partial charge is 0.395 e. The quantitative estimate of drug-likeness (QED) is 0.610. The van der Waals surface area contributed by atoms with Gasteiger partial charge < -0.3 is 10.2 Å². The molecule has 1 unspecified atom stereocenters. The normalized spacial score (nSPS) is 11.7. The molecule has 0 rings (SSSR count). The fourth-order valence-electron chi connectivity index (χ4n) is 0. The van der Waals surface area contributed by atoms with E-state index in [0.717, 1.165) is 0 Å². The lowest BCUT2D eigenvalue weighted by Gasteiger charge is -1.88. The third kappa shape index (κ3) is 29.3. The Hall–Kier alpha value is 0.500. The molecule has 0 aliphatic carbocycles. The number of hydrogen-bond donors (Lipinski definition) is 2. The van der Waals surface area contributed by atoms with E-state index >= 15 is 0 Å². The Morgan fingerprint density at radius 3 is 1.67 bits per heavy atom. The van der Waals surface area contributed by atoms with Crippen molar-refractivity contribution in [3.05, 3.63) is 0 Å². The Kier molecular flexibility index (Phi) is 15.3. The summed E-state index contributed by atoms with van der Waals surface area (Å²) in [5.74, 6) is 0.681. The lowest BCUT2D eigenvalue weighted by atomic mass is 10.5. The van der Waals surface area contributed by atoms with Crippen LogP contribution >= 0.6 is 23.2 Å². The molecular formula is C5H12Cl2O2. The summed E-state index contributed by atoms with van der Waals surface area (Å²) in [6.07, 6.45) is -0.350. The van der Waals surface area contributed by atoms with Crippen LogP contribution in [0, 0.1) is 0 Å². The van der Waals surface area contributed by atoms with Crippen LogP contribution in [0.1, 0.15) is 6.92 Å². The predicted molar refractivity (Wildman–Crippen MR) is 40.2 cm³/mol. The molecule has 4 heteroatoms. The van der Waals surface area contributed by atoms with Gasteiger partial charge in [-0.15, -0.1) is 23.2 Å². The summed E-state index contributed by atoms with van der Waals surface area (Å²) >= 11 is 10.0. The van der Waals surface area contributed by atoms with E-state index in [0.29, 0.717) is 11.8 Å². The van der Waals surface area contributed by atoms with E-state index in [9.17, 15) is 0 Å². The number of aliphatic hydroxyl groups excluding tert-OH is 2. The Morgan fingerprint density at radius 1 is 1.44 bits per heavy atom. The smallest absolute Gasteiger partial charge is 0.0647 e. The van der Waals surface area contributed by atoms with E-state index in [1.807, 2.05) is 0 Å². The average Bonchev–Trinajstić information content (AvgIpc) is 1.89. The highest BCUT2D eigenvalue weighted by Gasteiger charge is 1.83. The summed E-state index contributed by atoms with van der Waals surface area (Å²) < 4.78 is 0. The molecular weight excluding hydrogens is 163 g/mol. The zero-order valence-electron chi connectivity index (χ0n) is 5.35. The molecule has 0 radical (unpaired) electrons. The minimum absolute atomic E-state index is 0.0849. The zero-order chi connectivity index (χ0) is 7.70. The molecule has 0 aromatic heterocycles. The first-order valence-electron chi connectivity index (χ1n) is 2.59. The van der Waals surface area contributed by atoms with Crippen molar-refractivity contribution in [2.75, 3.05) is 18.4 Å². The maximum atomic E-state index is 8.23. The highest BCUT2D eigenvalue weighted by Crippen LogP contribution is 1.80.